The van der Waals surface area contributed by atoms with Gasteiger partial charge in [0, 0.05) is 50.7 Å². The second-order valence-corrected chi connectivity index (χ2v) is 7.75. The van der Waals surface area contributed by atoms with Crippen LogP contribution in [0.3, 0.4) is 0 Å². The van der Waals surface area contributed by atoms with Gasteiger partial charge in [0.25, 0.3) is 0 Å². The molecule has 0 bridgehead atoms. The summed E-state index contributed by atoms with van der Waals surface area (Å²) in [5, 5.41) is 14.8. The van der Waals surface area contributed by atoms with Crippen molar-refractivity contribution in [2.45, 2.75) is 44.6 Å². The second-order valence-electron chi connectivity index (χ2n) is 6.58. The first-order chi connectivity index (χ1) is 14.7. The lowest BCUT2D eigenvalue weighted by molar-refractivity contribution is 0.145. The Balaban J connectivity index is 1.74. The number of hydrogen-bond acceptors (Lipinski definition) is 5. The molecule has 2 aromatic rings. The Morgan fingerprint density at radius 3 is 2.73 bits per heavy atom. The molecule has 1 heterocycles. The van der Waals surface area contributed by atoms with Crippen LogP contribution in [0.5, 0.6) is 0 Å². The number of rotatable bonds is 14. The molecule has 0 aliphatic rings. The summed E-state index contributed by atoms with van der Waals surface area (Å²) in [7, 11) is 0. The van der Waals surface area contributed by atoms with E-state index in [-0.39, 0.29) is 5.82 Å². The Morgan fingerprint density at radius 2 is 1.97 bits per heavy atom. The van der Waals surface area contributed by atoms with Gasteiger partial charge in [-0.1, -0.05) is 6.92 Å². The van der Waals surface area contributed by atoms with Crippen molar-refractivity contribution < 1.29 is 9.13 Å². The van der Waals surface area contributed by atoms with Crippen LogP contribution in [0.25, 0.3) is 0 Å². The lowest BCUT2D eigenvalue weighted by Crippen LogP contribution is -2.40. The van der Waals surface area contributed by atoms with Crippen molar-refractivity contribution in [2.75, 3.05) is 38.6 Å². The molecular weight excluding hydrogens is 403 g/mol. The van der Waals surface area contributed by atoms with Crippen LogP contribution in [0.4, 0.5) is 4.39 Å². The lowest BCUT2D eigenvalue weighted by atomic mass is 10.4. The number of thioether (sulfide) groups is 1. The topological polar surface area (TPSA) is 76.4 Å². The number of nitrogens with zero attached hydrogens (tertiary/aromatic N) is 4. The highest BCUT2D eigenvalue weighted by Gasteiger charge is 2.03. The van der Waals surface area contributed by atoms with Gasteiger partial charge in [0.2, 0.25) is 0 Å². The number of halogens is 1. The van der Waals surface area contributed by atoms with Gasteiger partial charge in [0.1, 0.15) is 18.0 Å². The lowest BCUT2D eigenvalue weighted by Gasteiger charge is -2.13. The van der Waals surface area contributed by atoms with Gasteiger partial charge in [0.05, 0.1) is 0 Å². The Hall–Kier alpha value is -2.13. The van der Waals surface area contributed by atoms with Crippen LogP contribution >= 0.6 is 11.8 Å². The van der Waals surface area contributed by atoms with Crippen LogP contribution in [-0.2, 0) is 17.7 Å². The molecule has 0 atom stereocenters. The smallest absolute Gasteiger partial charge is 0.191 e. The maximum atomic E-state index is 13.0. The van der Waals surface area contributed by atoms with E-state index in [2.05, 4.69) is 37.3 Å². The van der Waals surface area contributed by atoms with Crippen LogP contribution in [-0.4, -0.2) is 59.3 Å². The molecule has 166 valence electrons. The van der Waals surface area contributed by atoms with Gasteiger partial charge in [0.15, 0.2) is 5.96 Å². The van der Waals surface area contributed by atoms with Gasteiger partial charge >= 0.3 is 0 Å². The zero-order valence-electron chi connectivity index (χ0n) is 17.9. The maximum absolute atomic E-state index is 13.0. The minimum Gasteiger partial charge on any atom is -0.382 e. The first kappa shape index (κ1) is 24.1. The van der Waals surface area contributed by atoms with Gasteiger partial charge in [-0.15, -0.1) is 22.0 Å². The largest absolute Gasteiger partial charge is 0.382 e. The molecular formula is C21H33FN6OS. The summed E-state index contributed by atoms with van der Waals surface area (Å²) in [4.78, 5) is 5.77. The van der Waals surface area contributed by atoms with Gasteiger partial charge in [-0.2, -0.15) is 0 Å². The average molecular weight is 437 g/mol. The van der Waals surface area contributed by atoms with Gasteiger partial charge in [-0.3, -0.25) is 4.99 Å². The van der Waals surface area contributed by atoms with Crippen molar-refractivity contribution in [2.24, 2.45) is 4.99 Å². The highest BCUT2D eigenvalue weighted by atomic mass is 32.2. The minimum atomic E-state index is -0.201. The summed E-state index contributed by atoms with van der Waals surface area (Å²) in [5.41, 5.74) is 0. The Kier molecular flexibility index (Phi) is 11.9. The molecule has 1 aromatic heterocycles. The van der Waals surface area contributed by atoms with E-state index in [0.29, 0.717) is 0 Å². The molecule has 0 radical (unpaired) electrons. The number of hydrogen-bond donors (Lipinski definition) is 2. The fourth-order valence-electron chi connectivity index (χ4n) is 2.71. The summed E-state index contributed by atoms with van der Waals surface area (Å²) in [6, 6.07) is 6.61. The van der Waals surface area contributed by atoms with Crippen LogP contribution in [0.15, 0.2) is 40.5 Å². The van der Waals surface area contributed by atoms with Crippen LogP contribution in [0.2, 0.25) is 0 Å². The number of benzene rings is 1. The van der Waals surface area contributed by atoms with Crippen LogP contribution in [0.1, 0.15) is 32.5 Å². The summed E-state index contributed by atoms with van der Waals surface area (Å²) in [5.74, 6) is 2.53. The van der Waals surface area contributed by atoms with E-state index in [4.69, 9.17) is 4.74 Å². The minimum absolute atomic E-state index is 0.201. The maximum Gasteiger partial charge on any atom is 0.191 e. The van der Waals surface area contributed by atoms with Crippen LogP contribution in [0, 0.1) is 5.82 Å². The van der Waals surface area contributed by atoms with Crippen LogP contribution < -0.4 is 10.6 Å². The summed E-state index contributed by atoms with van der Waals surface area (Å²) < 4.78 is 20.4. The highest BCUT2D eigenvalue weighted by Crippen LogP contribution is 2.18. The number of aromatic nitrogens is 3. The number of nitrogens with one attached hydrogen (secondary N) is 2. The molecule has 0 saturated heterocycles. The fraction of sp³-hybridized carbons (Fsp3) is 0.571. The van der Waals surface area contributed by atoms with E-state index in [1.54, 1.807) is 18.1 Å². The molecule has 0 saturated carbocycles. The molecule has 0 fully saturated rings. The third-order valence-electron chi connectivity index (χ3n) is 4.27. The molecule has 0 aliphatic carbocycles. The monoisotopic (exact) mass is 436 g/mol. The Morgan fingerprint density at radius 1 is 1.17 bits per heavy atom. The first-order valence-corrected chi connectivity index (χ1v) is 11.6. The third-order valence-corrected chi connectivity index (χ3v) is 5.37. The third kappa shape index (κ3) is 9.58. The average Bonchev–Trinajstić information content (AvgIpc) is 3.21. The summed E-state index contributed by atoms with van der Waals surface area (Å²) >= 11 is 1.72. The molecule has 0 unspecified atom stereocenters. The van der Waals surface area contributed by atoms with E-state index in [1.165, 1.54) is 12.1 Å². The van der Waals surface area contributed by atoms with Gasteiger partial charge in [-0.25, -0.2) is 4.39 Å². The molecule has 7 nitrogen and oxygen atoms in total. The molecule has 0 amide bonds. The fourth-order valence-corrected chi connectivity index (χ4v) is 3.55. The highest BCUT2D eigenvalue weighted by molar-refractivity contribution is 7.99. The first-order valence-electron chi connectivity index (χ1n) is 10.6. The second kappa shape index (κ2) is 14.8. The Bertz CT molecular complexity index is 737. The predicted molar refractivity (Wildman–Crippen MR) is 121 cm³/mol. The molecule has 2 rings (SSSR count). The number of ether oxygens (including phenoxy) is 1. The Labute approximate surface area is 182 Å². The number of aliphatic imine (C=N–C) groups is 1. The zero-order valence-corrected chi connectivity index (χ0v) is 18.8. The number of aryl methyl sites for hydroxylation is 1. The SMILES string of the molecule is CCOCCCNC(=NCCCSc1ccc(F)cc1)NCCn1cnnc1CC. The van der Waals surface area contributed by atoms with Gasteiger partial charge in [-0.05, 0) is 49.8 Å². The van der Waals surface area contributed by atoms with Crippen molar-refractivity contribution in [3.8, 4) is 0 Å². The number of guanidine groups is 1. The summed E-state index contributed by atoms with van der Waals surface area (Å²) in [6.07, 6.45) is 4.50. The molecule has 1 aromatic carbocycles. The van der Waals surface area contributed by atoms with Crippen molar-refractivity contribution in [3.63, 3.8) is 0 Å². The molecule has 0 spiro atoms. The van der Waals surface area contributed by atoms with E-state index in [1.807, 2.05) is 19.1 Å². The van der Waals surface area contributed by atoms with Crippen molar-refractivity contribution in [1.29, 1.82) is 0 Å². The quantitative estimate of drug-likeness (QED) is 0.205. The molecule has 2 N–H and O–H groups in total. The van der Waals surface area contributed by atoms with E-state index in [9.17, 15) is 4.39 Å². The van der Waals surface area contributed by atoms with E-state index >= 15 is 0 Å². The van der Waals surface area contributed by atoms with Gasteiger partial charge < -0.3 is 19.9 Å². The van der Waals surface area contributed by atoms with Crippen molar-refractivity contribution in [3.05, 3.63) is 42.2 Å². The molecule has 0 aliphatic heterocycles. The predicted octanol–water partition coefficient (Wildman–Crippen LogP) is 3.12. The zero-order chi connectivity index (χ0) is 21.4. The molecule has 9 heteroatoms. The van der Waals surface area contributed by atoms with Crippen molar-refractivity contribution >= 4 is 17.7 Å². The summed E-state index contributed by atoms with van der Waals surface area (Å²) in [6.45, 7) is 8.62. The molecule has 30 heavy (non-hydrogen) atoms. The standard InChI is InChI=1S/C21H33FN6OS/c1-3-20-27-26-17-28(20)14-13-25-21(23-11-5-15-29-4-2)24-12-6-16-30-19-9-7-18(22)8-10-19/h7-10,17H,3-6,11-16H2,1-2H3,(H2,23,24,25). The van der Waals surface area contributed by atoms with E-state index in [0.717, 1.165) is 81.1 Å². The van der Waals surface area contributed by atoms with E-state index < -0.39 is 0 Å². The van der Waals surface area contributed by atoms with Crippen molar-refractivity contribution in [1.82, 2.24) is 25.4 Å². The normalized spacial score (nSPS) is 11.6.